The molecule has 0 atom stereocenters. The van der Waals surface area contributed by atoms with Gasteiger partial charge in [-0.2, -0.15) is 0 Å². The van der Waals surface area contributed by atoms with E-state index in [0.717, 1.165) is 22.3 Å². The monoisotopic (exact) mass is 532 g/mol. The van der Waals surface area contributed by atoms with Gasteiger partial charge in [0.05, 0.1) is 33.9 Å². The van der Waals surface area contributed by atoms with E-state index in [0.29, 0.717) is 22.8 Å². The van der Waals surface area contributed by atoms with Crippen molar-refractivity contribution in [2.24, 2.45) is 0 Å². The summed E-state index contributed by atoms with van der Waals surface area (Å²) in [6.45, 7) is 0. The summed E-state index contributed by atoms with van der Waals surface area (Å²) < 4.78 is 5.45. The second kappa shape index (κ2) is 11.6. The summed E-state index contributed by atoms with van der Waals surface area (Å²) in [5.74, 6) is -1.52. The molecule has 0 radical (unpaired) electrons. The lowest BCUT2D eigenvalue weighted by atomic mass is 10.0. The molecule has 6 rings (SSSR count). The first-order valence-electron chi connectivity index (χ1n) is 13.2. The van der Waals surface area contributed by atoms with E-state index in [9.17, 15) is 9.59 Å². The first kappa shape index (κ1) is 25.6. The van der Waals surface area contributed by atoms with Crippen molar-refractivity contribution in [3.63, 3.8) is 0 Å². The van der Waals surface area contributed by atoms with Crippen LogP contribution in [-0.4, -0.2) is 21.9 Å². The van der Waals surface area contributed by atoms with Gasteiger partial charge in [-0.1, -0.05) is 121 Å². The smallest absolute Gasteiger partial charge is 0.346 e. The first-order valence-corrected chi connectivity index (χ1v) is 13.2. The van der Waals surface area contributed by atoms with Crippen molar-refractivity contribution in [2.75, 3.05) is 0 Å². The molecule has 0 unspecified atom stereocenters. The van der Waals surface area contributed by atoms with Crippen LogP contribution < -0.4 is 0 Å². The normalized spacial score (nSPS) is 10.6. The molecule has 0 aliphatic rings. The lowest BCUT2D eigenvalue weighted by molar-refractivity contribution is 0.0397. The van der Waals surface area contributed by atoms with Gasteiger partial charge in [0, 0.05) is 22.3 Å². The molecule has 5 nitrogen and oxygen atoms in total. The maximum Gasteiger partial charge on any atom is 0.346 e. The van der Waals surface area contributed by atoms with E-state index in [1.165, 1.54) is 0 Å². The topological polar surface area (TPSA) is 69.2 Å². The lowest BCUT2D eigenvalue weighted by Gasteiger charge is -2.11. The Morgan fingerprint density at radius 3 is 0.878 bits per heavy atom. The highest BCUT2D eigenvalue weighted by atomic mass is 16.6. The van der Waals surface area contributed by atoms with Crippen molar-refractivity contribution in [3.05, 3.63) is 157 Å². The highest BCUT2D eigenvalue weighted by molar-refractivity contribution is 6.04. The number of aromatic nitrogens is 2. The molecule has 196 valence electrons. The van der Waals surface area contributed by atoms with Gasteiger partial charge in [-0.25, -0.2) is 19.6 Å². The maximum absolute atomic E-state index is 13.4. The van der Waals surface area contributed by atoms with Gasteiger partial charge in [-0.05, 0) is 24.3 Å². The SMILES string of the molecule is O=C(OC(=O)c1cc(-c2ccccc2)nc(-c2ccccc2)c1)c1cc(-c2ccccc2)nc(-c2ccccc2)c1. The first-order chi connectivity index (χ1) is 20.1. The molecule has 5 heteroatoms. The molecule has 4 aromatic carbocycles. The molecule has 0 saturated heterocycles. The minimum absolute atomic E-state index is 0.228. The van der Waals surface area contributed by atoms with Crippen LogP contribution in [0, 0.1) is 0 Å². The summed E-state index contributed by atoms with van der Waals surface area (Å²) in [6, 6.07) is 44.9. The zero-order valence-electron chi connectivity index (χ0n) is 22.0. The van der Waals surface area contributed by atoms with Crippen LogP contribution in [0.15, 0.2) is 146 Å². The zero-order valence-corrected chi connectivity index (χ0v) is 22.0. The van der Waals surface area contributed by atoms with Gasteiger partial charge < -0.3 is 4.74 Å². The standard InChI is InChI=1S/C36H24N2O3/c39-35(29-21-31(25-13-5-1-6-14-25)37-32(22-29)26-15-7-2-8-16-26)41-36(40)30-23-33(27-17-9-3-10-18-27)38-34(24-30)28-19-11-4-12-20-28/h1-24H. The number of pyridine rings is 2. The second-order valence-corrected chi connectivity index (χ2v) is 9.39. The van der Waals surface area contributed by atoms with Gasteiger partial charge >= 0.3 is 11.9 Å². The van der Waals surface area contributed by atoms with E-state index in [2.05, 4.69) is 0 Å². The maximum atomic E-state index is 13.4. The van der Waals surface area contributed by atoms with Crippen LogP contribution in [0.2, 0.25) is 0 Å². The van der Waals surface area contributed by atoms with Crippen LogP contribution in [-0.2, 0) is 4.74 Å². The summed E-state index contributed by atoms with van der Waals surface area (Å²) in [4.78, 5) is 36.4. The molecular weight excluding hydrogens is 508 g/mol. The number of carbonyl (C=O) groups is 2. The van der Waals surface area contributed by atoms with Gasteiger partial charge in [0.2, 0.25) is 0 Å². The third kappa shape index (κ3) is 5.84. The van der Waals surface area contributed by atoms with Crippen LogP contribution in [0.25, 0.3) is 45.0 Å². The summed E-state index contributed by atoms with van der Waals surface area (Å²) in [7, 11) is 0. The second-order valence-electron chi connectivity index (χ2n) is 9.39. The van der Waals surface area contributed by atoms with E-state index in [-0.39, 0.29) is 11.1 Å². The molecule has 0 spiro atoms. The van der Waals surface area contributed by atoms with Crippen LogP contribution in [0.1, 0.15) is 20.7 Å². The van der Waals surface area contributed by atoms with Gasteiger partial charge in [0.1, 0.15) is 0 Å². The largest absolute Gasteiger partial charge is 0.386 e. The van der Waals surface area contributed by atoms with E-state index in [1.54, 1.807) is 24.3 Å². The van der Waals surface area contributed by atoms with E-state index >= 15 is 0 Å². The number of ether oxygens (including phenoxy) is 1. The highest BCUT2D eigenvalue weighted by Gasteiger charge is 2.20. The minimum atomic E-state index is -0.758. The molecular formula is C36H24N2O3. The number of rotatable bonds is 6. The lowest BCUT2D eigenvalue weighted by Crippen LogP contribution is -2.14. The molecule has 0 amide bonds. The third-order valence-corrected chi connectivity index (χ3v) is 6.59. The Kier molecular flexibility index (Phi) is 7.24. The fourth-order valence-electron chi connectivity index (χ4n) is 4.53. The van der Waals surface area contributed by atoms with Crippen molar-refractivity contribution in [3.8, 4) is 45.0 Å². The molecule has 6 aromatic rings. The van der Waals surface area contributed by atoms with E-state index < -0.39 is 11.9 Å². The average molecular weight is 533 g/mol. The van der Waals surface area contributed by atoms with Crippen molar-refractivity contribution >= 4 is 11.9 Å². The number of hydrogen-bond donors (Lipinski definition) is 0. The molecule has 0 fully saturated rings. The van der Waals surface area contributed by atoms with Crippen molar-refractivity contribution in [1.29, 1.82) is 0 Å². The molecule has 41 heavy (non-hydrogen) atoms. The summed E-state index contributed by atoms with van der Waals surface area (Å²) >= 11 is 0. The number of esters is 2. The van der Waals surface area contributed by atoms with Gasteiger partial charge in [-0.15, -0.1) is 0 Å². The Morgan fingerprint density at radius 1 is 0.390 bits per heavy atom. The van der Waals surface area contributed by atoms with E-state index in [1.807, 2.05) is 121 Å². The van der Waals surface area contributed by atoms with Crippen molar-refractivity contribution < 1.29 is 14.3 Å². The Balaban J connectivity index is 1.37. The highest BCUT2D eigenvalue weighted by Crippen LogP contribution is 2.27. The Labute approximate surface area is 237 Å². The predicted molar refractivity (Wildman–Crippen MR) is 160 cm³/mol. The van der Waals surface area contributed by atoms with Crippen LogP contribution >= 0.6 is 0 Å². The van der Waals surface area contributed by atoms with Crippen molar-refractivity contribution in [2.45, 2.75) is 0 Å². The Hall–Kier alpha value is -5.68. The number of carbonyl (C=O) groups excluding carboxylic acids is 2. The van der Waals surface area contributed by atoms with E-state index in [4.69, 9.17) is 14.7 Å². The molecule has 2 heterocycles. The summed E-state index contributed by atoms with van der Waals surface area (Å²) in [5.41, 5.74) is 6.26. The predicted octanol–water partition coefficient (Wildman–Crippen LogP) is 8.14. The Bertz CT molecular complexity index is 1570. The van der Waals surface area contributed by atoms with Crippen molar-refractivity contribution in [1.82, 2.24) is 9.97 Å². The Morgan fingerprint density at radius 2 is 0.634 bits per heavy atom. The summed E-state index contributed by atoms with van der Waals surface area (Å²) in [6.07, 6.45) is 0. The average Bonchev–Trinajstić information content (AvgIpc) is 3.06. The fraction of sp³-hybridized carbons (Fsp3) is 0. The zero-order chi connectivity index (χ0) is 28.0. The van der Waals surface area contributed by atoms with Crippen LogP contribution in [0.3, 0.4) is 0 Å². The number of nitrogens with zero attached hydrogens (tertiary/aromatic N) is 2. The third-order valence-electron chi connectivity index (χ3n) is 6.59. The van der Waals surface area contributed by atoms with Gasteiger partial charge in [-0.3, -0.25) is 0 Å². The molecule has 0 N–H and O–H groups in total. The molecule has 0 aliphatic carbocycles. The minimum Gasteiger partial charge on any atom is -0.386 e. The molecule has 0 aliphatic heterocycles. The van der Waals surface area contributed by atoms with Gasteiger partial charge in [0.15, 0.2) is 0 Å². The van der Waals surface area contributed by atoms with Gasteiger partial charge in [0.25, 0.3) is 0 Å². The number of benzene rings is 4. The van der Waals surface area contributed by atoms with Crippen LogP contribution in [0.5, 0.6) is 0 Å². The van der Waals surface area contributed by atoms with Crippen LogP contribution in [0.4, 0.5) is 0 Å². The summed E-state index contributed by atoms with van der Waals surface area (Å²) in [5, 5.41) is 0. The molecule has 0 bridgehead atoms. The molecule has 0 saturated carbocycles. The fourth-order valence-corrected chi connectivity index (χ4v) is 4.53. The molecule has 2 aromatic heterocycles. The number of hydrogen-bond acceptors (Lipinski definition) is 5. The quantitative estimate of drug-likeness (QED) is 0.160.